The summed E-state index contributed by atoms with van der Waals surface area (Å²) in [6.07, 6.45) is 3.30. The van der Waals surface area contributed by atoms with E-state index in [4.69, 9.17) is 0 Å². The van der Waals surface area contributed by atoms with Crippen molar-refractivity contribution >= 4 is 17.9 Å². The van der Waals surface area contributed by atoms with Gasteiger partial charge in [0.05, 0.1) is 29.6 Å². The molecule has 10 nitrogen and oxygen atoms in total. The summed E-state index contributed by atoms with van der Waals surface area (Å²) >= 11 is 0. The number of hydrogen-bond donors (Lipinski definition) is 1. The minimum atomic E-state index is -0.569. The number of rotatable bonds is 6. The summed E-state index contributed by atoms with van der Waals surface area (Å²) in [7, 11) is 1.78. The highest BCUT2D eigenvalue weighted by Crippen LogP contribution is 2.11. The molecule has 22 heavy (non-hydrogen) atoms. The van der Waals surface area contributed by atoms with Crippen LogP contribution in [0.15, 0.2) is 23.4 Å². The molecule has 0 saturated heterocycles. The van der Waals surface area contributed by atoms with Gasteiger partial charge in [-0.05, 0) is 17.9 Å². The Hall–Kier alpha value is -3.04. The van der Waals surface area contributed by atoms with E-state index in [1.54, 1.807) is 30.9 Å². The Morgan fingerprint density at radius 3 is 2.91 bits per heavy atom. The number of carbonyl (C=O) groups excluding carboxylic acids is 1. The highest BCUT2D eigenvalue weighted by Gasteiger charge is 2.15. The number of nitro groups is 1. The monoisotopic (exact) mass is 305 g/mol. The highest BCUT2D eigenvalue weighted by atomic mass is 16.6. The Morgan fingerprint density at radius 2 is 2.32 bits per heavy atom. The summed E-state index contributed by atoms with van der Waals surface area (Å²) in [5, 5.41) is 22.3. The fourth-order valence-corrected chi connectivity index (χ4v) is 1.74. The fraction of sp³-hybridized carbons (Fsp3) is 0.333. The average Bonchev–Trinajstić information content (AvgIpc) is 3.03. The van der Waals surface area contributed by atoms with E-state index in [0.29, 0.717) is 11.4 Å². The lowest BCUT2D eigenvalue weighted by atomic mass is 10.4. The van der Waals surface area contributed by atoms with Gasteiger partial charge in [0, 0.05) is 19.7 Å². The van der Waals surface area contributed by atoms with E-state index in [2.05, 4.69) is 20.7 Å². The van der Waals surface area contributed by atoms with Crippen molar-refractivity contribution in [3.8, 4) is 0 Å². The standard InChI is InChI=1S/C12H15N7O3/c1-9-7-11(19(21)22)16-18(9)6-4-12(20)14-13-8-10-3-5-17(2)15-10/h3,5,7-8H,4,6H2,1-2H3,(H,14,20). The van der Waals surface area contributed by atoms with Gasteiger partial charge in [0.1, 0.15) is 5.69 Å². The molecule has 0 spiro atoms. The molecule has 2 heterocycles. The zero-order chi connectivity index (χ0) is 16.1. The third-order valence-electron chi connectivity index (χ3n) is 2.83. The predicted octanol–water partition coefficient (Wildman–Crippen LogP) is 0.374. The van der Waals surface area contributed by atoms with Crippen LogP contribution < -0.4 is 5.43 Å². The van der Waals surface area contributed by atoms with Crippen LogP contribution in [0.2, 0.25) is 0 Å². The van der Waals surface area contributed by atoms with Crippen LogP contribution in [0.3, 0.4) is 0 Å². The van der Waals surface area contributed by atoms with Crippen molar-refractivity contribution in [1.29, 1.82) is 0 Å². The van der Waals surface area contributed by atoms with Gasteiger partial charge in [0.25, 0.3) is 0 Å². The van der Waals surface area contributed by atoms with Gasteiger partial charge < -0.3 is 10.1 Å². The summed E-state index contributed by atoms with van der Waals surface area (Å²) in [6.45, 7) is 1.93. The number of nitrogens with zero attached hydrogens (tertiary/aromatic N) is 6. The van der Waals surface area contributed by atoms with Crippen LogP contribution in [0.1, 0.15) is 17.8 Å². The van der Waals surface area contributed by atoms with Gasteiger partial charge in [-0.3, -0.25) is 9.48 Å². The Kier molecular flexibility index (Phi) is 4.61. The molecule has 116 valence electrons. The van der Waals surface area contributed by atoms with E-state index in [-0.39, 0.29) is 24.7 Å². The second-order valence-corrected chi connectivity index (χ2v) is 4.58. The molecule has 10 heteroatoms. The van der Waals surface area contributed by atoms with E-state index in [0.717, 1.165) is 0 Å². The number of hydrazone groups is 1. The van der Waals surface area contributed by atoms with Crippen LogP contribution in [0.4, 0.5) is 5.82 Å². The van der Waals surface area contributed by atoms with E-state index >= 15 is 0 Å². The second kappa shape index (κ2) is 6.61. The first kappa shape index (κ1) is 15.4. The van der Waals surface area contributed by atoms with Crippen LogP contribution in [0, 0.1) is 17.0 Å². The quantitative estimate of drug-likeness (QED) is 0.469. The smallest absolute Gasteiger partial charge is 0.358 e. The minimum absolute atomic E-state index is 0.110. The SMILES string of the molecule is Cc1cc([N+](=O)[O-])nn1CCC(=O)NN=Cc1ccn(C)n1. The van der Waals surface area contributed by atoms with Crippen molar-refractivity contribution in [2.24, 2.45) is 12.1 Å². The maximum Gasteiger partial charge on any atom is 0.390 e. The summed E-state index contributed by atoms with van der Waals surface area (Å²) in [6, 6.07) is 3.11. The van der Waals surface area contributed by atoms with Crippen LogP contribution in [0.5, 0.6) is 0 Å². The first-order valence-corrected chi connectivity index (χ1v) is 6.46. The van der Waals surface area contributed by atoms with Crippen molar-refractivity contribution < 1.29 is 9.72 Å². The number of nitrogens with one attached hydrogen (secondary N) is 1. The molecule has 0 atom stereocenters. The largest absolute Gasteiger partial charge is 0.390 e. The summed E-state index contributed by atoms with van der Waals surface area (Å²) < 4.78 is 3.04. The Bertz CT molecular complexity index is 716. The molecule has 0 fully saturated rings. The average molecular weight is 305 g/mol. The molecular weight excluding hydrogens is 290 g/mol. The lowest BCUT2D eigenvalue weighted by Crippen LogP contribution is -2.20. The maximum absolute atomic E-state index is 11.6. The molecule has 0 bridgehead atoms. The number of aromatic nitrogens is 4. The molecule has 2 aromatic rings. The second-order valence-electron chi connectivity index (χ2n) is 4.58. The fourth-order valence-electron chi connectivity index (χ4n) is 1.74. The van der Waals surface area contributed by atoms with Gasteiger partial charge in [-0.25, -0.2) is 5.43 Å². The third kappa shape index (κ3) is 3.98. The molecule has 0 aliphatic rings. The molecule has 0 saturated carbocycles. The molecule has 0 unspecified atom stereocenters. The minimum Gasteiger partial charge on any atom is -0.358 e. The molecule has 1 N–H and O–H groups in total. The van der Waals surface area contributed by atoms with Crippen LogP contribution in [-0.2, 0) is 18.4 Å². The summed E-state index contributed by atoms with van der Waals surface area (Å²) in [5.74, 6) is -0.546. The van der Waals surface area contributed by atoms with Crippen LogP contribution in [0.25, 0.3) is 0 Å². The molecule has 0 aliphatic carbocycles. The normalized spacial score (nSPS) is 11.0. The number of aryl methyl sites for hydroxylation is 3. The number of carbonyl (C=O) groups is 1. The molecule has 0 aliphatic heterocycles. The topological polar surface area (TPSA) is 120 Å². The number of amides is 1. The van der Waals surface area contributed by atoms with Gasteiger partial charge in [-0.2, -0.15) is 14.9 Å². The zero-order valence-electron chi connectivity index (χ0n) is 12.1. The molecule has 0 radical (unpaired) electrons. The molecule has 2 rings (SSSR count). The van der Waals surface area contributed by atoms with Gasteiger partial charge in [-0.15, -0.1) is 0 Å². The van der Waals surface area contributed by atoms with Crippen LogP contribution in [-0.4, -0.2) is 36.6 Å². The molecule has 1 amide bonds. The highest BCUT2D eigenvalue weighted by molar-refractivity contribution is 5.80. The van der Waals surface area contributed by atoms with Crippen molar-refractivity contribution in [1.82, 2.24) is 25.0 Å². The van der Waals surface area contributed by atoms with E-state index in [9.17, 15) is 14.9 Å². The van der Waals surface area contributed by atoms with Gasteiger partial charge >= 0.3 is 5.82 Å². The maximum atomic E-state index is 11.6. The van der Waals surface area contributed by atoms with Gasteiger partial charge in [-0.1, -0.05) is 0 Å². The lowest BCUT2D eigenvalue weighted by molar-refractivity contribution is -0.389. The first-order valence-electron chi connectivity index (χ1n) is 6.46. The predicted molar refractivity (Wildman–Crippen MR) is 77.2 cm³/mol. The first-order chi connectivity index (χ1) is 10.5. The summed E-state index contributed by atoms with van der Waals surface area (Å²) in [5.41, 5.74) is 3.61. The third-order valence-corrected chi connectivity index (χ3v) is 2.83. The van der Waals surface area contributed by atoms with Crippen molar-refractivity contribution in [2.45, 2.75) is 19.9 Å². The van der Waals surface area contributed by atoms with Gasteiger partial charge in [0.2, 0.25) is 5.91 Å². The van der Waals surface area contributed by atoms with Crippen molar-refractivity contribution in [2.75, 3.05) is 0 Å². The van der Waals surface area contributed by atoms with Crippen molar-refractivity contribution in [3.05, 3.63) is 39.8 Å². The Morgan fingerprint density at radius 1 is 1.55 bits per heavy atom. The summed E-state index contributed by atoms with van der Waals surface area (Å²) in [4.78, 5) is 21.7. The molecule has 0 aromatic carbocycles. The molecular formula is C12H15N7O3. The molecule has 2 aromatic heterocycles. The van der Waals surface area contributed by atoms with E-state index < -0.39 is 4.92 Å². The van der Waals surface area contributed by atoms with Crippen LogP contribution >= 0.6 is 0 Å². The zero-order valence-corrected chi connectivity index (χ0v) is 12.1. The lowest BCUT2D eigenvalue weighted by Gasteiger charge is -1.99. The van der Waals surface area contributed by atoms with Gasteiger partial charge in [0.15, 0.2) is 0 Å². The van der Waals surface area contributed by atoms with E-state index in [1.165, 1.54) is 17.0 Å². The Labute approximate surface area is 125 Å². The number of hydrogen-bond acceptors (Lipinski definition) is 6. The van der Waals surface area contributed by atoms with E-state index in [1.807, 2.05) is 0 Å². The van der Waals surface area contributed by atoms with Crippen molar-refractivity contribution in [3.63, 3.8) is 0 Å². The Balaban J connectivity index is 1.82.